The molecular formula is C23H17Br2ClN2O3. The van der Waals surface area contributed by atoms with E-state index in [1.807, 2.05) is 36.4 Å². The molecule has 0 N–H and O–H groups in total. The molecule has 0 radical (unpaired) electrons. The molecule has 1 saturated carbocycles. The fraction of sp³-hybridized carbons (Fsp3) is 0.261. The third kappa shape index (κ3) is 3.77. The van der Waals surface area contributed by atoms with Crippen molar-refractivity contribution in [3.8, 4) is 5.75 Å². The topological polar surface area (TPSA) is 59.0 Å². The first-order chi connectivity index (χ1) is 14.9. The second-order valence-corrected chi connectivity index (χ2v) is 10.1. The van der Waals surface area contributed by atoms with E-state index in [0.29, 0.717) is 17.4 Å². The number of rotatable bonds is 5. The van der Waals surface area contributed by atoms with Gasteiger partial charge in [0, 0.05) is 5.02 Å². The molecule has 158 valence electrons. The van der Waals surface area contributed by atoms with Gasteiger partial charge in [0.2, 0.25) is 0 Å². The quantitative estimate of drug-likeness (QED) is 0.271. The maximum Gasteiger partial charge on any atom is 0.254 e. The number of halogens is 3. The van der Waals surface area contributed by atoms with Gasteiger partial charge in [0.1, 0.15) is 12.4 Å². The number of carbonyl (C=O) groups excluding carboxylic acids is 2. The summed E-state index contributed by atoms with van der Waals surface area (Å²) in [7, 11) is 0. The standard InChI is InChI=1S/C23H17Br2ClN2O3/c24-17-7-13(8-18(25)21(17)31-11-12-1-5-16(26)6-2-12)10-27-28-22(29)19-14-3-4-15(9-14)20(19)23(28)30/h1-8,10,14-15,19-20H,9,11H2/b27-10-/t14-,15-,19-,20-/m0/s1. The Balaban J connectivity index is 1.30. The van der Waals surface area contributed by atoms with E-state index in [1.165, 1.54) is 6.21 Å². The minimum atomic E-state index is -0.248. The molecule has 1 heterocycles. The maximum absolute atomic E-state index is 12.7. The van der Waals surface area contributed by atoms with Crippen LogP contribution in [0.2, 0.25) is 5.02 Å². The molecule has 4 atom stereocenters. The lowest BCUT2D eigenvalue weighted by Crippen LogP contribution is -2.28. The third-order valence-electron chi connectivity index (χ3n) is 6.09. The van der Waals surface area contributed by atoms with Gasteiger partial charge in [-0.3, -0.25) is 9.59 Å². The molecule has 2 amide bonds. The fourth-order valence-corrected chi connectivity index (χ4v) is 6.23. The van der Waals surface area contributed by atoms with Crippen molar-refractivity contribution in [3.63, 3.8) is 0 Å². The molecule has 3 aliphatic rings. The first-order valence-electron chi connectivity index (χ1n) is 9.89. The predicted octanol–water partition coefficient (Wildman–Crippen LogP) is 5.59. The van der Waals surface area contributed by atoms with Gasteiger partial charge >= 0.3 is 0 Å². The fourth-order valence-electron chi connectivity index (χ4n) is 4.65. The van der Waals surface area contributed by atoms with Gasteiger partial charge in [0.15, 0.2) is 0 Å². The van der Waals surface area contributed by atoms with Crippen molar-refractivity contribution in [3.05, 3.63) is 73.6 Å². The van der Waals surface area contributed by atoms with Crippen LogP contribution in [0.15, 0.2) is 62.6 Å². The summed E-state index contributed by atoms with van der Waals surface area (Å²) >= 11 is 13.0. The van der Waals surface area contributed by atoms with Crippen LogP contribution in [0.3, 0.4) is 0 Å². The van der Waals surface area contributed by atoms with Crippen LogP contribution >= 0.6 is 43.5 Å². The monoisotopic (exact) mass is 562 g/mol. The summed E-state index contributed by atoms with van der Waals surface area (Å²) in [6.07, 6.45) is 6.58. The van der Waals surface area contributed by atoms with Gasteiger partial charge in [-0.05, 0) is 85.5 Å². The molecule has 5 rings (SSSR count). The highest BCUT2D eigenvalue weighted by Crippen LogP contribution is 2.52. The zero-order valence-corrected chi connectivity index (χ0v) is 20.1. The van der Waals surface area contributed by atoms with Crippen LogP contribution in [0.4, 0.5) is 0 Å². The summed E-state index contributed by atoms with van der Waals surface area (Å²) < 4.78 is 7.40. The third-order valence-corrected chi connectivity index (χ3v) is 7.52. The number of fused-ring (bicyclic) bond motifs is 5. The zero-order valence-electron chi connectivity index (χ0n) is 16.2. The van der Waals surface area contributed by atoms with Crippen LogP contribution in [-0.2, 0) is 16.2 Å². The molecule has 1 aliphatic heterocycles. The minimum absolute atomic E-state index is 0.173. The molecule has 8 heteroatoms. The molecule has 2 aromatic carbocycles. The second-order valence-electron chi connectivity index (χ2n) is 7.96. The van der Waals surface area contributed by atoms with E-state index < -0.39 is 0 Å². The number of hydrazone groups is 1. The van der Waals surface area contributed by atoms with Crippen LogP contribution < -0.4 is 4.74 Å². The Hall–Kier alpha value is -1.96. The molecule has 31 heavy (non-hydrogen) atoms. The van der Waals surface area contributed by atoms with E-state index >= 15 is 0 Å². The molecule has 2 aliphatic carbocycles. The Bertz CT molecular complexity index is 1080. The summed E-state index contributed by atoms with van der Waals surface area (Å²) in [4.78, 5) is 25.5. The number of benzene rings is 2. The molecule has 5 nitrogen and oxygen atoms in total. The summed E-state index contributed by atoms with van der Waals surface area (Å²) in [5.41, 5.74) is 1.73. The first-order valence-corrected chi connectivity index (χ1v) is 11.8. The van der Waals surface area contributed by atoms with Gasteiger partial charge in [-0.25, -0.2) is 0 Å². The highest BCUT2D eigenvalue weighted by molar-refractivity contribution is 9.11. The SMILES string of the molecule is O=C1[C@@H]2[C@@H](C(=O)N1/N=C\c1cc(Br)c(OCc3ccc(Cl)cc3)c(Br)c1)[C@H]1C=C[C@H]2C1. The predicted molar refractivity (Wildman–Crippen MR) is 125 cm³/mol. The number of imide groups is 1. The van der Waals surface area contributed by atoms with Crippen LogP contribution in [0.25, 0.3) is 0 Å². The average molecular weight is 565 g/mol. The molecule has 1 saturated heterocycles. The summed E-state index contributed by atoms with van der Waals surface area (Å²) in [5, 5.41) is 5.96. The highest BCUT2D eigenvalue weighted by Gasteiger charge is 2.59. The van der Waals surface area contributed by atoms with E-state index in [1.54, 1.807) is 0 Å². The second kappa shape index (κ2) is 8.19. The molecule has 2 aromatic rings. The molecule has 2 fully saturated rings. The van der Waals surface area contributed by atoms with Crippen molar-refractivity contribution >= 4 is 61.5 Å². The first kappa shape index (κ1) is 20.9. The molecule has 2 bridgehead atoms. The Kier molecular flexibility index (Phi) is 5.52. The number of amides is 2. The van der Waals surface area contributed by atoms with Gasteiger partial charge in [-0.2, -0.15) is 10.1 Å². The van der Waals surface area contributed by atoms with Crippen LogP contribution in [0.1, 0.15) is 17.5 Å². The Morgan fingerprint density at radius 2 is 1.61 bits per heavy atom. The molecule has 0 spiro atoms. The Labute approximate surface area is 201 Å². The van der Waals surface area contributed by atoms with E-state index in [-0.39, 0.29) is 35.5 Å². The normalized spacial score (nSPS) is 26.4. The Morgan fingerprint density at radius 3 is 2.19 bits per heavy atom. The summed E-state index contributed by atoms with van der Waals surface area (Å²) in [6.45, 7) is 0.387. The van der Waals surface area contributed by atoms with Crippen molar-refractivity contribution in [1.82, 2.24) is 5.01 Å². The van der Waals surface area contributed by atoms with Gasteiger partial charge in [-0.1, -0.05) is 35.9 Å². The number of hydrogen-bond donors (Lipinski definition) is 0. The van der Waals surface area contributed by atoms with E-state index in [4.69, 9.17) is 16.3 Å². The van der Waals surface area contributed by atoms with E-state index in [0.717, 1.165) is 31.5 Å². The summed E-state index contributed by atoms with van der Waals surface area (Å²) in [6, 6.07) is 11.1. The van der Waals surface area contributed by atoms with Gasteiger partial charge in [-0.15, -0.1) is 0 Å². The van der Waals surface area contributed by atoms with Gasteiger partial charge in [0.05, 0.1) is 27.0 Å². The molecule has 0 aromatic heterocycles. The highest BCUT2D eigenvalue weighted by atomic mass is 79.9. The van der Waals surface area contributed by atoms with Gasteiger partial charge in [0.25, 0.3) is 11.8 Å². The zero-order chi connectivity index (χ0) is 21.7. The van der Waals surface area contributed by atoms with Crippen molar-refractivity contribution < 1.29 is 14.3 Å². The lowest BCUT2D eigenvalue weighted by Gasteiger charge is -2.13. The largest absolute Gasteiger partial charge is 0.487 e. The van der Waals surface area contributed by atoms with E-state index in [2.05, 4.69) is 49.1 Å². The van der Waals surface area contributed by atoms with Crippen molar-refractivity contribution in [2.45, 2.75) is 13.0 Å². The van der Waals surface area contributed by atoms with Crippen LogP contribution in [0.5, 0.6) is 5.75 Å². The lowest BCUT2D eigenvalue weighted by molar-refractivity contribution is -0.140. The smallest absolute Gasteiger partial charge is 0.254 e. The maximum atomic E-state index is 12.7. The Morgan fingerprint density at radius 1 is 1.03 bits per heavy atom. The lowest BCUT2D eigenvalue weighted by atomic mass is 9.85. The van der Waals surface area contributed by atoms with Crippen LogP contribution in [-0.4, -0.2) is 23.0 Å². The summed E-state index contributed by atoms with van der Waals surface area (Å²) in [5.74, 6) is 0.119. The molecular weight excluding hydrogens is 548 g/mol. The number of allylic oxidation sites excluding steroid dienone is 2. The van der Waals surface area contributed by atoms with Crippen molar-refractivity contribution in [1.29, 1.82) is 0 Å². The number of hydrogen-bond acceptors (Lipinski definition) is 4. The number of ether oxygens (including phenoxy) is 1. The van der Waals surface area contributed by atoms with Crippen molar-refractivity contribution in [2.75, 3.05) is 0 Å². The number of carbonyl (C=O) groups is 2. The van der Waals surface area contributed by atoms with Crippen molar-refractivity contribution in [2.24, 2.45) is 28.8 Å². The van der Waals surface area contributed by atoms with Gasteiger partial charge < -0.3 is 4.74 Å². The minimum Gasteiger partial charge on any atom is -0.487 e. The average Bonchev–Trinajstić information content (AvgIpc) is 3.42. The number of nitrogens with zero attached hydrogens (tertiary/aromatic N) is 2. The van der Waals surface area contributed by atoms with E-state index in [9.17, 15) is 9.59 Å². The van der Waals surface area contributed by atoms with Crippen LogP contribution in [0, 0.1) is 23.7 Å². The molecule has 0 unspecified atom stereocenters.